The van der Waals surface area contributed by atoms with Gasteiger partial charge in [-0.2, -0.15) is 5.26 Å². The van der Waals surface area contributed by atoms with Crippen LogP contribution in [-0.2, 0) is 6.42 Å². The van der Waals surface area contributed by atoms with Crippen molar-refractivity contribution in [3.8, 4) is 6.07 Å². The van der Waals surface area contributed by atoms with Crippen LogP contribution in [-0.4, -0.2) is 5.54 Å². The van der Waals surface area contributed by atoms with Crippen LogP contribution in [0.2, 0.25) is 5.02 Å². The molecule has 0 spiro atoms. The fourth-order valence-corrected chi connectivity index (χ4v) is 2.57. The number of nitrogens with zero attached hydrogens (tertiary/aromatic N) is 1. The van der Waals surface area contributed by atoms with E-state index in [1.807, 2.05) is 43.3 Å². The molecule has 21 heavy (non-hydrogen) atoms. The van der Waals surface area contributed by atoms with Gasteiger partial charge in [-0.1, -0.05) is 41.9 Å². The van der Waals surface area contributed by atoms with Gasteiger partial charge in [0.1, 0.15) is 5.54 Å². The largest absolute Gasteiger partial charge is 0.368 e. The van der Waals surface area contributed by atoms with E-state index in [2.05, 4.69) is 39.4 Å². The number of aryl methyl sites for hydroxylation is 1. The number of anilines is 1. The molecule has 108 valence electrons. The van der Waals surface area contributed by atoms with E-state index in [9.17, 15) is 5.26 Å². The first-order valence-electron chi connectivity index (χ1n) is 6.71. The van der Waals surface area contributed by atoms with Crippen molar-refractivity contribution in [2.24, 2.45) is 0 Å². The van der Waals surface area contributed by atoms with E-state index in [-0.39, 0.29) is 0 Å². The number of rotatable bonds is 5. The lowest BCUT2D eigenvalue weighted by atomic mass is 9.94. The third-order valence-corrected chi connectivity index (χ3v) is 4.56. The van der Waals surface area contributed by atoms with Gasteiger partial charge in [-0.15, -0.1) is 0 Å². The Morgan fingerprint density at radius 3 is 2.57 bits per heavy atom. The molecule has 0 fully saturated rings. The molecule has 2 nitrogen and oxygen atoms in total. The highest BCUT2D eigenvalue weighted by Gasteiger charge is 2.23. The Hall–Kier alpha value is -1.50. The molecule has 0 aromatic heterocycles. The molecule has 1 atom stereocenters. The van der Waals surface area contributed by atoms with E-state index in [0.29, 0.717) is 5.02 Å². The fraction of sp³-hybridized carbons (Fsp3) is 0.235. The summed E-state index contributed by atoms with van der Waals surface area (Å²) in [5.74, 6) is 0. The summed E-state index contributed by atoms with van der Waals surface area (Å²) in [6.45, 7) is 1.92. The molecule has 0 aliphatic carbocycles. The van der Waals surface area contributed by atoms with Crippen molar-refractivity contribution < 1.29 is 0 Å². The summed E-state index contributed by atoms with van der Waals surface area (Å²) in [5, 5.41) is 13.4. The number of halogens is 2. The van der Waals surface area contributed by atoms with E-state index >= 15 is 0 Å². The number of hydrogen-bond acceptors (Lipinski definition) is 2. The first-order valence-corrected chi connectivity index (χ1v) is 7.88. The summed E-state index contributed by atoms with van der Waals surface area (Å²) in [4.78, 5) is 0. The van der Waals surface area contributed by atoms with Crippen molar-refractivity contribution in [2.75, 3.05) is 5.32 Å². The lowest BCUT2D eigenvalue weighted by molar-refractivity contribution is 0.589. The maximum absolute atomic E-state index is 9.50. The van der Waals surface area contributed by atoms with Crippen LogP contribution < -0.4 is 5.32 Å². The van der Waals surface area contributed by atoms with E-state index in [1.165, 1.54) is 5.56 Å². The number of hydrogen-bond donors (Lipinski definition) is 1. The molecule has 1 unspecified atom stereocenters. The van der Waals surface area contributed by atoms with Crippen LogP contribution in [0.3, 0.4) is 0 Å². The molecule has 2 aromatic carbocycles. The summed E-state index contributed by atoms with van der Waals surface area (Å²) in [6, 6.07) is 18.1. The van der Waals surface area contributed by atoms with Crippen LogP contribution in [0.1, 0.15) is 18.9 Å². The van der Waals surface area contributed by atoms with E-state index in [0.717, 1.165) is 23.0 Å². The molecule has 0 saturated carbocycles. The molecule has 0 amide bonds. The maximum atomic E-state index is 9.50. The highest BCUT2D eigenvalue weighted by molar-refractivity contribution is 9.10. The van der Waals surface area contributed by atoms with E-state index < -0.39 is 5.54 Å². The quantitative estimate of drug-likeness (QED) is 0.769. The Morgan fingerprint density at radius 2 is 1.95 bits per heavy atom. The Bertz CT molecular complexity index is 652. The fourth-order valence-electron chi connectivity index (χ4n) is 2.08. The molecule has 4 heteroatoms. The molecule has 0 bridgehead atoms. The highest BCUT2D eigenvalue weighted by atomic mass is 79.9. The predicted molar refractivity (Wildman–Crippen MR) is 91.6 cm³/mol. The molecule has 0 heterocycles. The molecule has 2 rings (SSSR count). The van der Waals surface area contributed by atoms with Gasteiger partial charge < -0.3 is 5.32 Å². The van der Waals surface area contributed by atoms with Crippen molar-refractivity contribution in [3.05, 3.63) is 63.6 Å². The molecular weight excluding hydrogens is 348 g/mol. The highest BCUT2D eigenvalue weighted by Crippen LogP contribution is 2.28. The Labute approximate surface area is 138 Å². The van der Waals surface area contributed by atoms with Crippen molar-refractivity contribution in [3.63, 3.8) is 0 Å². The second-order valence-electron chi connectivity index (χ2n) is 5.18. The molecular formula is C17H16BrClN2. The van der Waals surface area contributed by atoms with Gasteiger partial charge in [0.25, 0.3) is 0 Å². The van der Waals surface area contributed by atoms with Gasteiger partial charge in [0, 0.05) is 10.2 Å². The Morgan fingerprint density at radius 1 is 1.24 bits per heavy atom. The Balaban J connectivity index is 2.07. The Kier molecular flexibility index (Phi) is 5.27. The third kappa shape index (κ3) is 4.49. The van der Waals surface area contributed by atoms with Crippen LogP contribution in [0.15, 0.2) is 53.0 Å². The average Bonchev–Trinajstić information content (AvgIpc) is 2.50. The van der Waals surface area contributed by atoms with Crippen molar-refractivity contribution >= 4 is 33.2 Å². The average molecular weight is 364 g/mol. The van der Waals surface area contributed by atoms with Gasteiger partial charge in [0.05, 0.1) is 11.1 Å². The monoisotopic (exact) mass is 362 g/mol. The van der Waals surface area contributed by atoms with Crippen LogP contribution in [0.5, 0.6) is 0 Å². The zero-order valence-corrected chi connectivity index (χ0v) is 14.1. The summed E-state index contributed by atoms with van der Waals surface area (Å²) in [5.41, 5.74) is 1.49. The van der Waals surface area contributed by atoms with Gasteiger partial charge in [0.15, 0.2) is 0 Å². The number of nitriles is 1. The summed E-state index contributed by atoms with van der Waals surface area (Å²) >= 11 is 9.38. The number of benzene rings is 2. The summed E-state index contributed by atoms with van der Waals surface area (Å²) in [6.07, 6.45) is 1.58. The molecule has 2 aromatic rings. The van der Waals surface area contributed by atoms with E-state index in [4.69, 9.17) is 11.6 Å². The molecule has 0 aliphatic heterocycles. The molecule has 0 aliphatic rings. The minimum atomic E-state index is -0.622. The molecule has 0 saturated heterocycles. The van der Waals surface area contributed by atoms with Gasteiger partial charge >= 0.3 is 0 Å². The van der Waals surface area contributed by atoms with Gasteiger partial charge in [0.2, 0.25) is 0 Å². The zero-order valence-electron chi connectivity index (χ0n) is 11.7. The van der Waals surface area contributed by atoms with Crippen LogP contribution in [0.25, 0.3) is 0 Å². The second-order valence-corrected chi connectivity index (χ2v) is 6.44. The maximum Gasteiger partial charge on any atom is 0.122 e. The minimum absolute atomic E-state index is 0.622. The SMILES string of the molecule is CC(C#N)(CCc1ccccc1)Nc1ccc(Cl)c(Br)c1. The third-order valence-electron chi connectivity index (χ3n) is 3.34. The van der Waals surface area contributed by atoms with Crippen LogP contribution in [0, 0.1) is 11.3 Å². The van der Waals surface area contributed by atoms with Crippen LogP contribution >= 0.6 is 27.5 Å². The smallest absolute Gasteiger partial charge is 0.122 e. The number of nitrogens with one attached hydrogen (secondary N) is 1. The normalized spacial score (nSPS) is 13.2. The lowest BCUT2D eigenvalue weighted by Gasteiger charge is -2.25. The van der Waals surface area contributed by atoms with Crippen LogP contribution in [0.4, 0.5) is 5.69 Å². The van der Waals surface area contributed by atoms with Crippen molar-refractivity contribution in [1.29, 1.82) is 5.26 Å². The minimum Gasteiger partial charge on any atom is -0.368 e. The van der Waals surface area contributed by atoms with Gasteiger partial charge in [-0.25, -0.2) is 0 Å². The lowest BCUT2D eigenvalue weighted by Crippen LogP contribution is -2.33. The first-order chi connectivity index (χ1) is 10.0. The zero-order chi connectivity index (χ0) is 15.3. The summed E-state index contributed by atoms with van der Waals surface area (Å²) in [7, 11) is 0. The predicted octanol–water partition coefficient (Wildman–Crippen LogP) is 5.43. The second kappa shape index (κ2) is 6.98. The van der Waals surface area contributed by atoms with E-state index in [1.54, 1.807) is 0 Å². The van der Waals surface area contributed by atoms with Gasteiger partial charge in [-0.3, -0.25) is 0 Å². The first kappa shape index (κ1) is 15.9. The molecule has 1 N–H and O–H groups in total. The van der Waals surface area contributed by atoms with Gasteiger partial charge in [-0.05, 0) is 59.5 Å². The topological polar surface area (TPSA) is 35.8 Å². The standard InChI is InChI=1S/C17H16BrClN2/c1-17(12-20,10-9-13-5-3-2-4-6-13)21-14-7-8-16(19)15(18)11-14/h2-8,11,21H,9-10H2,1H3. The molecule has 0 radical (unpaired) electrons. The van der Waals surface area contributed by atoms with Crippen molar-refractivity contribution in [1.82, 2.24) is 0 Å². The van der Waals surface area contributed by atoms with Crippen molar-refractivity contribution in [2.45, 2.75) is 25.3 Å². The summed E-state index contributed by atoms with van der Waals surface area (Å²) < 4.78 is 0.817.